The van der Waals surface area contributed by atoms with Gasteiger partial charge in [0, 0.05) is 17.8 Å². The van der Waals surface area contributed by atoms with Crippen LogP contribution in [-0.4, -0.2) is 19.6 Å². The van der Waals surface area contributed by atoms with Crippen molar-refractivity contribution < 1.29 is 9.53 Å². The number of para-hydroxylation sites is 1. The number of nitrogens with zero attached hydrogens (tertiary/aromatic N) is 1. The van der Waals surface area contributed by atoms with Gasteiger partial charge in [-0.05, 0) is 37.3 Å². The predicted octanol–water partition coefficient (Wildman–Crippen LogP) is 3.36. The first-order valence-corrected chi connectivity index (χ1v) is 6.27. The Morgan fingerprint density at radius 3 is 2.47 bits per heavy atom. The van der Waals surface area contributed by atoms with E-state index < -0.39 is 0 Å². The monoisotopic (exact) mass is 255 g/mol. The van der Waals surface area contributed by atoms with Crippen LogP contribution in [0.2, 0.25) is 0 Å². The van der Waals surface area contributed by atoms with Crippen LogP contribution in [0.25, 0.3) is 0 Å². The van der Waals surface area contributed by atoms with E-state index in [9.17, 15) is 4.79 Å². The molecule has 0 heterocycles. The maximum Gasteiger partial charge on any atom is 0.258 e. The van der Waals surface area contributed by atoms with Crippen LogP contribution in [0.3, 0.4) is 0 Å². The van der Waals surface area contributed by atoms with Crippen LogP contribution in [0.15, 0.2) is 54.6 Å². The summed E-state index contributed by atoms with van der Waals surface area (Å²) in [5, 5.41) is 0. The standard InChI is InChI=1S/C16H17NO2/c1-3-17(14-9-5-4-6-10-14)16(18)13-8-7-11-15(12-13)19-2/h4-12H,3H2,1-2H3. The number of carbonyl (C=O) groups is 1. The second-order valence-corrected chi connectivity index (χ2v) is 4.12. The topological polar surface area (TPSA) is 29.5 Å². The Morgan fingerprint density at radius 2 is 1.84 bits per heavy atom. The summed E-state index contributed by atoms with van der Waals surface area (Å²) in [7, 11) is 1.60. The second kappa shape index (κ2) is 6.05. The molecule has 2 aromatic carbocycles. The molecule has 98 valence electrons. The van der Waals surface area contributed by atoms with Gasteiger partial charge in [0.1, 0.15) is 5.75 Å². The Kier molecular flexibility index (Phi) is 4.18. The number of hydrogen-bond donors (Lipinski definition) is 0. The molecule has 0 spiro atoms. The number of ether oxygens (including phenoxy) is 1. The third-order valence-corrected chi connectivity index (χ3v) is 2.95. The van der Waals surface area contributed by atoms with Crippen molar-refractivity contribution in [3.63, 3.8) is 0 Å². The Balaban J connectivity index is 2.30. The van der Waals surface area contributed by atoms with Crippen LogP contribution >= 0.6 is 0 Å². The number of amides is 1. The maximum atomic E-state index is 12.5. The fraction of sp³-hybridized carbons (Fsp3) is 0.188. The second-order valence-electron chi connectivity index (χ2n) is 4.12. The van der Waals surface area contributed by atoms with E-state index in [-0.39, 0.29) is 5.91 Å². The molecule has 0 saturated carbocycles. The quantitative estimate of drug-likeness (QED) is 0.838. The van der Waals surface area contributed by atoms with E-state index in [4.69, 9.17) is 4.74 Å². The van der Waals surface area contributed by atoms with Crippen LogP contribution in [0, 0.1) is 0 Å². The number of methoxy groups -OCH3 is 1. The lowest BCUT2D eigenvalue weighted by molar-refractivity contribution is 0.0988. The van der Waals surface area contributed by atoms with Crippen molar-refractivity contribution in [2.24, 2.45) is 0 Å². The van der Waals surface area contributed by atoms with Gasteiger partial charge in [-0.2, -0.15) is 0 Å². The van der Waals surface area contributed by atoms with Crippen molar-refractivity contribution in [2.45, 2.75) is 6.92 Å². The average molecular weight is 255 g/mol. The summed E-state index contributed by atoms with van der Waals surface area (Å²) in [6.07, 6.45) is 0. The van der Waals surface area contributed by atoms with Gasteiger partial charge in [-0.3, -0.25) is 4.79 Å². The molecule has 3 heteroatoms. The summed E-state index contributed by atoms with van der Waals surface area (Å²) >= 11 is 0. The zero-order valence-electron chi connectivity index (χ0n) is 11.2. The molecule has 0 aliphatic rings. The highest BCUT2D eigenvalue weighted by atomic mass is 16.5. The molecule has 19 heavy (non-hydrogen) atoms. The molecule has 0 bridgehead atoms. The van der Waals surface area contributed by atoms with E-state index in [0.29, 0.717) is 17.9 Å². The van der Waals surface area contributed by atoms with Gasteiger partial charge in [0.15, 0.2) is 0 Å². The van der Waals surface area contributed by atoms with E-state index in [1.807, 2.05) is 49.4 Å². The number of anilines is 1. The van der Waals surface area contributed by atoms with E-state index in [1.165, 1.54) is 0 Å². The van der Waals surface area contributed by atoms with E-state index in [1.54, 1.807) is 24.1 Å². The molecule has 0 fully saturated rings. The molecule has 0 radical (unpaired) electrons. The molecule has 1 amide bonds. The van der Waals surface area contributed by atoms with Gasteiger partial charge in [0.05, 0.1) is 7.11 Å². The predicted molar refractivity (Wildman–Crippen MR) is 76.8 cm³/mol. The van der Waals surface area contributed by atoms with Crippen LogP contribution < -0.4 is 9.64 Å². The third-order valence-electron chi connectivity index (χ3n) is 2.95. The Hall–Kier alpha value is -2.29. The number of benzene rings is 2. The number of rotatable bonds is 4. The first-order valence-electron chi connectivity index (χ1n) is 6.27. The Labute approximate surface area is 113 Å². The fourth-order valence-electron chi connectivity index (χ4n) is 1.96. The molecule has 0 atom stereocenters. The Morgan fingerprint density at radius 1 is 1.11 bits per heavy atom. The van der Waals surface area contributed by atoms with Crippen molar-refractivity contribution in [3.8, 4) is 5.75 Å². The summed E-state index contributed by atoms with van der Waals surface area (Å²) in [4.78, 5) is 14.3. The molecular formula is C16H17NO2. The molecular weight excluding hydrogens is 238 g/mol. The lowest BCUT2D eigenvalue weighted by atomic mass is 10.1. The molecule has 0 aliphatic carbocycles. The molecule has 2 rings (SSSR count). The van der Waals surface area contributed by atoms with Gasteiger partial charge in [-0.15, -0.1) is 0 Å². The van der Waals surface area contributed by atoms with Gasteiger partial charge >= 0.3 is 0 Å². The van der Waals surface area contributed by atoms with Gasteiger partial charge in [-0.1, -0.05) is 24.3 Å². The summed E-state index contributed by atoms with van der Waals surface area (Å²) in [5.41, 5.74) is 1.53. The zero-order valence-corrected chi connectivity index (χ0v) is 11.2. The molecule has 3 nitrogen and oxygen atoms in total. The fourth-order valence-corrected chi connectivity index (χ4v) is 1.96. The third kappa shape index (κ3) is 2.94. The number of hydrogen-bond acceptors (Lipinski definition) is 2. The lowest BCUT2D eigenvalue weighted by Gasteiger charge is -2.21. The van der Waals surface area contributed by atoms with Crippen molar-refractivity contribution >= 4 is 11.6 Å². The zero-order chi connectivity index (χ0) is 13.7. The summed E-state index contributed by atoms with van der Waals surface area (Å²) in [5.74, 6) is 0.669. The van der Waals surface area contributed by atoms with Crippen LogP contribution in [0.5, 0.6) is 5.75 Å². The van der Waals surface area contributed by atoms with Crippen molar-refractivity contribution in [1.29, 1.82) is 0 Å². The summed E-state index contributed by atoms with van der Waals surface area (Å²) in [6.45, 7) is 2.59. The van der Waals surface area contributed by atoms with Gasteiger partial charge in [0.2, 0.25) is 0 Å². The SMILES string of the molecule is CCN(C(=O)c1cccc(OC)c1)c1ccccc1. The molecule has 0 aliphatic heterocycles. The maximum absolute atomic E-state index is 12.5. The first kappa shape index (κ1) is 13.1. The van der Waals surface area contributed by atoms with Gasteiger partial charge in [0.25, 0.3) is 5.91 Å². The molecule has 0 aromatic heterocycles. The highest BCUT2D eigenvalue weighted by Crippen LogP contribution is 2.19. The summed E-state index contributed by atoms with van der Waals surface area (Å²) < 4.78 is 5.15. The average Bonchev–Trinajstić information content (AvgIpc) is 2.49. The minimum Gasteiger partial charge on any atom is -0.497 e. The largest absolute Gasteiger partial charge is 0.497 e. The highest BCUT2D eigenvalue weighted by Gasteiger charge is 2.16. The first-order chi connectivity index (χ1) is 9.26. The van der Waals surface area contributed by atoms with Crippen LogP contribution in [0.4, 0.5) is 5.69 Å². The van der Waals surface area contributed by atoms with Crippen LogP contribution in [0.1, 0.15) is 17.3 Å². The van der Waals surface area contributed by atoms with Crippen LogP contribution in [-0.2, 0) is 0 Å². The smallest absolute Gasteiger partial charge is 0.258 e. The van der Waals surface area contributed by atoms with E-state index >= 15 is 0 Å². The lowest BCUT2D eigenvalue weighted by Crippen LogP contribution is -2.30. The number of carbonyl (C=O) groups excluding carboxylic acids is 1. The minimum absolute atomic E-state index is 0.0207. The van der Waals surface area contributed by atoms with E-state index in [2.05, 4.69) is 0 Å². The Bertz CT molecular complexity index is 552. The van der Waals surface area contributed by atoms with Gasteiger partial charge < -0.3 is 9.64 Å². The summed E-state index contributed by atoms with van der Waals surface area (Å²) in [6, 6.07) is 16.9. The van der Waals surface area contributed by atoms with E-state index in [0.717, 1.165) is 5.69 Å². The minimum atomic E-state index is -0.0207. The van der Waals surface area contributed by atoms with Gasteiger partial charge in [-0.25, -0.2) is 0 Å². The molecule has 0 saturated heterocycles. The molecule has 0 N–H and O–H groups in total. The molecule has 2 aromatic rings. The highest BCUT2D eigenvalue weighted by molar-refractivity contribution is 6.06. The normalized spacial score (nSPS) is 10.0. The van der Waals surface area contributed by atoms with Crippen molar-refractivity contribution in [2.75, 3.05) is 18.6 Å². The van der Waals surface area contributed by atoms with Crippen molar-refractivity contribution in [1.82, 2.24) is 0 Å². The molecule has 0 unspecified atom stereocenters. The van der Waals surface area contributed by atoms with Crippen molar-refractivity contribution in [3.05, 3.63) is 60.2 Å².